The number of carbonyl (C=O) groups is 6. The molecule has 2 aromatic rings. The minimum Gasteiger partial charge on any atom is -0.481 e. The van der Waals surface area contributed by atoms with E-state index in [2.05, 4.69) is 56.2 Å². The van der Waals surface area contributed by atoms with Crippen LogP contribution < -0.4 is 27.0 Å². The highest BCUT2D eigenvalue weighted by Gasteiger charge is 2.43. The Bertz CT molecular complexity index is 2470. The average Bonchev–Trinajstić information content (AvgIpc) is 4.04. The second-order valence-electron chi connectivity index (χ2n) is 16.4. The molecular weight excluding hydrogens is 1170 g/mol. The van der Waals surface area contributed by atoms with Gasteiger partial charge in [-0.2, -0.15) is 8.62 Å². The first-order valence-electron chi connectivity index (χ1n) is 23.8. The number of rotatable bonds is 28. The van der Waals surface area contributed by atoms with Crippen molar-refractivity contribution >= 4 is 97.5 Å². The Morgan fingerprint density at radius 3 is 2.05 bits per heavy atom. The van der Waals surface area contributed by atoms with Crippen LogP contribution in [-0.4, -0.2) is 201 Å². The quantitative estimate of drug-likeness (QED) is 0.0215. The first-order chi connectivity index (χ1) is 37.6. The highest BCUT2D eigenvalue weighted by Crippen LogP contribution is 2.66. The SMILES string of the molecule is CC(=O)NC(CSSCCC(=O)NCC#Cc1cn([C@H]2C[C@@H](O)C(COP(=O)(O)OP(=O)(O)OP(=O)(O)O)O2)c2ncnc(N)c12)C(=O)NCCCCCC(=O)NC(CCC(=O)O)C(=O)O.CC1O[C@@H](C)C[C@H]1O.CO.CO.CO. The number of hydrogen-bond donors (Lipinski definition) is 16. The number of hydrogen-bond acceptors (Lipinski definition) is 24. The lowest BCUT2D eigenvalue weighted by Gasteiger charge is -2.19. The van der Waals surface area contributed by atoms with Crippen LogP contribution in [0.4, 0.5) is 5.82 Å². The normalized spacial score (nSPS) is 20.4. The molecule has 0 aromatic carbocycles. The fourth-order valence-electron chi connectivity index (χ4n) is 6.80. The molecule has 80 heavy (non-hydrogen) atoms. The van der Waals surface area contributed by atoms with Crippen LogP contribution in [0.1, 0.15) is 90.3 Å². The number of nitrogens with two attached hydrogens (primary N) is 1. The number of aromatic nitrogens is 3. The number of nitrogens with one attached hydrogen (secondary N) is 4. The summed E-state index contributed by atoms with van der Waals surface area (Å²) in [6, 6.07) is -2.18. The largest absolute Gasteiger partial charge is 0.490 e. The van der Waals surface area contributed by atoms with E-state index in [0.29, 0.717) is 36.0 Å². The number of carbonyl (C=O) groups excluding carboxylic acids is 4. The van der Waals surface area contributed by atoms with E-state index in [9.17, 15) is 57.4 Å². The van der Waals surface area contributed by atoms with Crippen molar-refractivity contribution in [2.75, 3.05) is 58.3 Å². The van der Waals surface area contributed by atoms with Crippen molar-refractivity contribution in [3.63, 3.8) is 0 Å². The fourth-order valence-corrected chi connectivity index (χ4v) is 12.0. The van der Waals surface area contributed by atoms with Gasteiger partial charge < -0.3 is 96.4 Å². The molecule has 2 saturated heterocycles. The van der Waals surface area contributed by atoms with Crippen molar-refractivity contribution in [3.05, 3.63) is 18.1 Å². The van der Waals surface area contributed by atoms with Gasteiger partial charge in [-0.15, -0.1) is 0 Å². The van der Waals surface area contributed by atoms with E-state index < -0.39 is 96.7 Å². The number of aliphatic hydroxyl groups is 5. The van der Waals surface area contributed by atoms with Gasteiger partial charge in [0.2, 0.25) is 23.6 Å². The molecule has 0 radical (unpaired) electrons. The molecule has 0 spiro atoms. The summed E-state index contributed by atoms with van der Waals surface area (Å²) in [4.78, 5) is 116. The van der Waals surface area contributed by atoms with Crippen LogP contribution in [-0.2, 0) is 65.1 Å². The first kappa shape index (κ1) is 75.6. The Morgan fingerprint density at radius 2 is 1.49 bits per heavy atom. The third-order valence-electron chi connectivity index (χ3n) is 10.2. The number of carboxylic acids is 2. The number of carboxylic acid groups (broad SMARTS) is 2. The van der Waals surface area contributed by atoms with E-state index in [1.54, 1.807) is 0 Å². The maximum absolute atomic E-state index is 12.8. The summed E-state index contributed by atoms with van der Waals surface area (Å²) >= 11 is 0. The molecule has 2 aliphatic heterocycles. The fraction of sp³-hybridized carbons (Fsp3) is 0.667. The predicted molar refractivity (Wildman–Crippen MR) is 286 cm³/mol. The summed E-state index contributed by atoms with van der Waals surface area (Å²) in [6.07, 6.45) is 0.539. The van der Waals surface area contributed by atoms with E-state index in [4.69, 9.17) is 55.6 Å². The molecule has 0 saturated carbocycles. The van der Waals surface area contributed by atoms with Crippen LogP contribution in [0.15, 0.2) is 12.5 Å². The van der Waals surface area contributed by atoms with Gasteiger partial charge >= 0.3 is 35.4 Å². The molecule has 17 N–H and O–H groups in total. The van der Waals surface area contributed by atoms with Gasteiger partial charge in [0.15, 0.2) is 0 Å². The number of nitrogen functional groups attached to an aromatic ring is 1. The van der Waals surface area contributed by atoms with Crippen molar-refractivity contribution < 1.29 is 120 Å². The topological polar surface area (TPSA) is 527 Å². The molecule has 458 valence electrons. The van der Waals surface area contributed by atoms with Crippen molar-refractivity contribution in [1.82, 2.24) is 35.8 Å². The number of unbranched alkanes of at least 4 members (excludes halogenated alkanes) is 2. The van der Waals surface area contributed by atoms with Crippen LogP contribution in [0, 0.1) is 11.8 Å². The maximum atomic E-state index is 12.8. The highest BCUT2D eigenvalue weighted by molar-refractivity contribution is 8.76. The summed E-state index contributed by atoms with van der Waals surface area (Å²) in [6.45, 7) is 4.40. The summed E-state index contributed by atoms with van der Waals surface area (Å²) in [5, 5.41) is 69.1. The van der Waals surface area contributed by atoms with E-state index in [0.717, 1.165) is 34.1 Å². The Hall–Kier alpha value is -4.37. The van der Waals surface area contributed by atoms with Gasteiger partial charge in [-0.05, 0) is 33.1 Å². The summed E-state index contributed by atoms with van der Waals surface area (Å²) in [5.74, 6) is 1.98. The lowest BCUT2D eigenvalue weighted by atomic mass is 10.1. The standard InChI is InChI=1S/C33H49N8O20P3S2.C6H12O2.3CH4O/c1-19(42)39-22(32(48)36-11-4-2-3-7-26(45)40-21(33(49)50)8-9-28(46)47)17-66-65-13-10-25(44)35-12-5-6-20-15-41(31-29(20)30(34)37-18-38-31)27-14-23(43)24(59-27)16-58-63(54,55)61-64(56,57)60-62(51,52)53;1-4-3-6(7)5(2)8-4;3*1-2/h15,18,21-24,27,43H,2-4,7-14,16-17H2,1H3,(H,35,44)(H,36,48)(H,39,42)(H,40,45)(H,46,47)(H,49,50)(H,54,55)(H,56,57)(H2,34,37,38)(H2,51,52,53);4-7H,3H2,1-2H3;3*2H,1H3/t21?,22?,23-,24?,27-;4-,5?,6+;;;/m10.../s1. The maximum Gasteiger partial charge on any atom is 0.490 e. The van der Waals surface area contributed by atoms with Crippen LogP contribution in [0.3, 0.4) is 0 Å². The van der Waals surface area contributed by atoms with E-state index in [1.807, 2.05) is 13.8 Å². The van der Waals surface area contributed by atoms with Crippen molar-refractivity contribution in [3.8, 4) is 11.8 Å². The van der Waals surface area contributed by atoms with Crippen molar-refractivity contribution in [2.45, 2.75) is 127 Å². The molecule has 10 atom stereocenters. The molecule has 33 nitrogen and oxygen atoms in total. The number of aliphatic hydroxyl groups excluding tert-OH is 5. The van der Waals surface area contributed by atoms with E-state index in [-0.39, 0.29) is 80.2 Å². The predicted octanol–water partition coefficient (Wildman–Crippen LogP) is -0.770. The van der Waals surface area contributed by atoms with Gasteiger partial charge in [0.05, 0.1) is 48.5 Å². The molecule has 2 fully saturated rings. The molecule has 2 aliphatic rings. The lowest BCUT2D eigenvalue weighted by Crippen LogP contribution is -2.47. The van der Waals surface area contributed by atoms with Gasteiger partial charge in [0, 0.05) is 84.6 Å². The number of fused-ring (bicyclic) bond motifs is 1. The van der Waals surface area contributed by atoms with E-state index in [1.165, 1.54) is 39.3 Å². The number of ether oxygens (including phenoxy) is 2. The van der Waals surface area contributed by atoms with Crippen molar-refractivity contribution in [2.24, 2.45) is 0 Å². The minimum atomic E-state index is -5.77. The summed E-state index contributed by atoms with van der Waals surface area (Å²) in [7, 11) is -11.3. The molecule has 38 heteroatoms. The number of anilines is 1. The third-order valence-corrected chi connectivity index (χ3v) is 16.4. The summed E-state index contributed by atoms with van der Waals surface area (Å²) < 4.78 is 59.0. The first-order valence-corrected chi connectivity index (χ1v) is 30.8. The number of phosphoric ester groups is 1. The Balaban J connectivity index is 0.00000396. The van der Waals surface area contributed by atoms with Crippen LogP contribution in [0.25, 0.3) is 11.0 Å². The zero-order chi connectivity index (χ0) is 61.4. The highest BCUT2D eigenvalue weighted by atomic mass is 33.1. The Labute approximate surface area is 467 Å². The van der Waals surface area contributed by atoms with Gasteiger partial charge in [0.1, 0.15) is 42.2 Å². The van der Waals surface area contributed by atoms with Gasteiger partial charge in [-0.3, -0.25) is 28.5 Å². The minimum absolute atomic E-state index is 0.0123. The molecule has 4 heterocycles. The summed E-state index contributed by atoms with van der Waals surface area (Å²) in [5.41, 5.74) is 6.63. The van der Waals surface area contributed by atoms with Crippen LogP contribution in [0.5, 0.6) is 0 Å². The Morgan fingerprint density at radius 1 is 0.825 bits per heavy atom. The van der Waals surface area contributed by atoms with Gasteiger partial charge in [0.25, 0.3) is 0 Å². The number of nitrogens with zero attached hydrogens (tertiary/aromatic N) is 3. The van der Waals surface area contributed by atoms with Gasteiger partial charge in [-0.25, -0.2) is 28.5 Å². The number of aliphatic carboxylic acids is 2. The molecule has 4 rings (SSSR count). The monoisotopic (exact) mass is 1250 g/mol. The number of amides is 4. The van der Waals surface area contributed by atoms with E-state index >= 15 is 0 Å². The molecular formula is C42H73N8O25P3S2. The van der Waals surface area contributed by atoms with Crippen LogP contribution in [0.2, 0.25) is 0 Å². The molecule has 4 amide bonds. The zero-order valence-corrected chi connectivity index (χ0v) is 48.7. The molecule has 6 unspecified atom stereocenters. The van der Waals surface area contributed by atoms with Gasteiger partial charge in [-0.1, -0.05) is 39.8 Å². The van der Waals surface area contributed by atoms with Crippen molar-refractivity contribution in [1.29, 1.82) is 0 Å². The second kappa shape index (κ2) is 39.2. The number of phosphoric acid groups is 3. The molecule has 2 aromatic heterocycles. The van der Waals surface area contributed by atoms with Crippen LogP contribution >= 0.6 is 45.1 Å². The second-order valence-corrected chi connectivity index (χ2v) is 23.4. The third kappa shape index (κ3) is 30.6. The molecule has 0 aliphatic carbocycles. The zero-order valence-electron chi connectivity index (χ0n) is 44.4. The smallest absolute Gasteiger partial charge is 0.481 e. The Kier molecular flexibility index (Phi) is 37.0. The molecule has 0 bridgehead atoms. The lowest BCUT2D eigenvalue weighted by molar-refractivity contribution is -0.143. The average molecular weight is 1250 g/mol.